The van der Waals surface area contributed by atoms with E-state index < -0.39 is 0 Å². The van der Waals surface area contributed by atoms with Gasteiger partial charge in [-0.15, -0.1) is 0 Å². The summed E-state index contributed by atoms with van der Waals surface area (Å²) < 4.78 is 0. The maximum atomic E-state index is 6.21. The summed E-state index contributed by atoms with van der Waals surface area (Å²) in [6.07, 6.45) is 14.5. The molecule has 2 aliphatic carbocycles. The first-order chi connectivity index (χ1) is 8.81. The smallest absolute Gasteiger partial charge is 0.0116 e. The first-order valence-corrected chi connectivity index (χ1v) is 8.34. The summed E-state index contributed by atoms with van der Waals surface area (Å²) in [5.74, 6) is 2.20. The first kappa shape index (κ1) is 11.7. The molecule has 0 spiro atoms. The van der Waals surface area contributed by atoms with Crippen molar-refractivity contribution in [2.24, 2.45) is 17.6 Å². The van der Waals surface area contributed by atoms with Gasteiger partial charge < -0.3 is 5.73 Å². The third-order valence-corrected chi connectivity index (χ3v) is 6.22. The van der Waals surface area contributed by atoms with Gasteiger partial charge >= 0.3 is 0 Å². The molecule has 0 aromatic carbocycles. The molecule has 2 nitrogen and oxygen atoms in total. The number of nitrogens with two attached hydrogens (primary N) is 1. The molecule has 0 aromatic rings. The molecule has 2 heterocycles. The lowest BCUT2D eigenvalue weighted by Gasteiger charge is -2.45. The van der Waals surface area contributed by atoms with E-state index in [1.54, 1.807) is 0 Å². The van der Waals surface area contributed by atoms with Crippen molar-refractivity contribution in [2.45, 2.75) is 88.4 Å². The van der Waals surface area contributed by atoms with Crippen molar-refractivity contribution in [3.63, 3.8) is 0 Å². The Bertz CT molecular complexity index is 298. The molecule has 4 aliphatic rings. The average molecular weight is 248 g/mol. The quantitative estimate of drug-likeness (QED) is 0.814. The zero-order valence-corrected chi connectivity index (χ0v) is 11.6. The fourth-order valence-electron chi connectivity index (χ4n) is 5.32. The van der Waals surface area contributed by atoms with Gasteiger partial charge in [0.1, 0.15) is 0 Å². The van der Waals surface area contributed by atoms with Crippen LogP contribution in [-0.2, 0) is 0 Å². The van der Waals surface area contributed by atoms with E-state index in [1.807, 2.05) is 0 Å². The van der Waals surface area contributed by atoms with Gasteiger partial charge in [0, 0.05) is 24.2 Å². The standard InChI is InChI=1S/C16H28N2/c17-13-9-15-6-7-16(10-13)18(15)14-3-1-2-12(8-14)11-4-5-11/h11-16H,1-10,17H2. The normalized spacial score (nSPS) is 49.5. The van der Waals surface area contributed by atoms with E-state index in [0.29, 0.717) is 6.04 Å². The van der Waals surface area contributed by atoms with Crippen LogP contribution < -0.4 is 5.73 Å². The Labute approximate surface area is 111 Å². The Morgan fingerprint density at radius 1 is 0.667 bits per heavy atom. The molecule has 2 N–H and O–H groups in total. The maximum absolute atomic E-state index is 6.21. The van der Waals surface area contributed by atoms with Crippen molar-refractivity contribution >= 4 is 0 Å². The lowest BCUT2D eigenvalue weighted by molar-refractivity contribution is 0.0419. The monoisotopic (exact) mass is 248 g/mol. The maximum Gasteiger partial charge on any atom is 0.0116 e. The van der Waals surface area contributed by atoms with Crippen LogP contribution in [0, 0.1) is 11.8 Å². The molecule has 2 saturated carbocycles. The largest absolute Gasteiger partial charge is 0.328 e. The van der Waals surface area contributed by atoms with Gasteiger partial charge in [-0.3, -0.25) is 4.90 Å². The number of piperidine rings is 1. The third-order valence-electron chi connectivity index (χ3n) is 6.22. The molecule has 2 heteroatoms. The number of fused-ring (bicyclic) bond motifs is 2. The third kappa shape index (κ3) is 2.02. The first-order valence-electron chi connectivity index (χ1n) is 8.34. The van der Waals surface area contributed by atoms with Crippen LogP contribution >= 0.6 is 0 Å². The van der Waals surface area contributed by atoms with Gasteiger partial charge in [-0.2, -0.15) is 0 Å². The van der Waals surface area contributed by atoms with Crippen molar-refractivity contribution in [2.75, 3.05) is 0 Å². The number of nitrogens with zero attached hydrogens (tertiary/aromatic N) is 1. The van der Waals surface area contributed by atoms with Crippen LogP contribution in [0.1, 0.15) is 64.2 Å². The molecule has 4 atom stereocenters. The van der Waals surface area contributed by atoms with Gasteiger partial charge in [-0.25, -0.2) is 0 Å². The van der Waals surface area contributed by atoms with E-state index in [1.165, 1.54) is 64.2 Å². The van der Waals surface area contributed by atoms with Crippen molar-refractivity contribution in [1.82, 2.24) is 4.90 Å². The highest BCUT2D eigenvalue weighted by molar-refractivity contribution is 5.01. The summed E-state index contributed by atoms with van der Waals surface area (Å²) in [6, 6.07) is 3.12. The molecule has 102 valence electrons. The Morgan fingerprint density at radius 3 is 2.00 bits per heavy atom. The molecule has 2 saturated heterocycles. The van der Waals surface area contributed by atoms with Crippen LogP contribution in [0.25, 0.3) is 0 Å². The van der Waals surface area contributed by atoms with E-state index in [-0.39, 0.29) is 0 Å². The summed E-state index contributed by atoms with van der Waals surface area (Å²) in [5, 5.41) is 0. The molecule has 18 heavy (non-hydrogen) atoms. The molecule has 4 fully saturated rings. The summed E-state index contributed by atoms with van der Waals surface area (Å²) in [7, 11) is 0. The molecule has 2 bridgehead atoms. The summed E-state index contributed by atoms with van der Waals surface area (Å²) >= 11 is 0. The molecule has 4 rings (SSSR count). The minimum Gasteiger partial charge on any atom is -0.328 e. The van der Waals surface area contributed by atoms with Crippen LogP contribution in [0.4, 0.5) is 0 Å². The fourth-order valence-corrected chi connectivity index (χ4v) is 5.32. The van der Waals surface area contributed by atoms with E-state index in [9.17, 15) is 0 Å². The van der Waals surface area contributed by atoms with Crippen LogP contribution in [0.3, 0.4) is 0 Å². The molecule has 4 unspecified atom stereocenters. The Kier molecular flexibility index (Phi) is 2.92. The van der Waals surface area contributed by atoms with Crippen molar-refractivity contribution in [3.05, 3.63) is 0 Å². The van der Waals surface area contributed by atoms with Gasteiger partial charge in [-0.1, -0.05) is 12.8 Å². The van der Waals surface area contributed by atoms with Crippen molar-refractivity contribution < 1.29 is 0 Å². The zero-order chi connectivity index (χ0) is 12.1. The van der Waals surface area contributed by atoms with Crippen LogP contribution in [-0.4, -0.2) is 29.1 Å². The van der Waals surface area contributed by atoms with E-state index in [4.69, 9.17) is 5.73 Å². The highest BCUT2D eigenvalue weighted by Crippen LogP contribution is 2.47. The Morgan fingerprint density at radius 2 is 1.33 bits per heavy atom. The van der Waals surface area contributed by atoms with Crippen LogP contribution in [0.5, 0.6) is 0 Å². The molecular formula is C16H28N2. The fraction of sp³-hybridized carbons (Fsp3) is 1.00. The van der Waals surface area contributed by atoms with Gasteiger partial charge in [-0.05, 0) is 63.2 Å². The average Bonchev–Trinajstić information content (AvgIpc) is 3.16. The van der Waals surface area contributed by atoms with E-state index in [0.717, 1.165) is 30.0 Å². The van der Waals surface area contributed by atoms with Crippen molar-refractivity contribution in [3.8, 4) is 0 Å². The molecule has 0 radical (unpaired) electrons. The molecule has 0 amide bonds. The summed E-state index contributed by atoms with van der Waals surface area (Å²) in [5.41, 5.74) is 6.21. The number of rotatable bonds is 2. The topological polar surface area (TPSA) is 29.3 Å². The van der Waals surface area contributed by atoms with Crippen LogP contribution in [0.2, 0.25) is 0 Å². The highest BCUT2D eigenvalue weighted by Gasteiger charge is 2.45. The second kappa shape index (κ2) is 4.49. The number of hydrogen-bond donors (Lipinski definition) is 1. The number of hydrogen-bond acceptors (Lipinski definition) is 2. The zero-order valence-electron chi connectivity index (χ0n) is 11.6. The Balaban J connectivity index is 1.46. The summed E-state index contributed by atoms with van der Waals surface area (Å²) in [4.78, 5) is 2.94. The van der Waals surface area contributed by atoms with Crippen molar-refractivity contribution in [1.29, 1.82) is 0 Å². The second-order valence-corrected chi connectivity index (χ2v) is 7.48. The molecule has 0 aromatic heterocycles. The van der Waals surface area contributed by atoms with E-state index >= 15 is 0 Å². The minimum atomic E-state index is 0.501. The highest BCUT2D eigenvalue weighted by atomic mass is 15.3. The molecular weight excluding hydrogens is 220 g/mol. The van der Waals surface area contributed by atoms with E-state index in [2.05, 4.69) is 4.90 Å². The predicted octanol–water partition coefficient (Wildman–Crippen LogP) is 2.91. The SMILES string of the molecule is NC1CC2CCC(C1)N2C1CCCC(C2CC2)C1. The summed E-state index contributed by atoms with van der Waals surface area (Å²) in [6.45, 7) is 0. The molecule has 2 aliphatic heterocycles. The minimum absolute atomic E-state index is 0.501. The lowest BCUT2D eigenvalue weighted by Crippen LogP contribution is -2.53. The van der Waals surface area contributed by atoms with Crippen LogP contribution in [0.15, 0.2) is 0 Å². The lowest BCUT2D eigenvalue weighted by atomic mass is 9.80. The van der Waals surface area contributed by atoms with Gasteiger partial charge in [0.15, 0.2) is 0 Å². The van der Waals surface area contributed by atoms with Gasteiger partial charge in [0.05, 0.1) is 0 Å². The predicted molar refractivity (Wildman–Crippen MR) is 74.3 cm³/mol. The Hall–Kier alpha value is -0.0800. The van der Waals surface area contributed by atoms with Gasteiger partial charge in [0.2, 0.25) is 0 Å². The van der Waals surface area contributed by atoms with Gasteiger partial charge in [0.25, 0.3) is 0 Å². The second-order valence-electron chi connectivity index (χ2n) is 7.48.